The van der Waals surface area contributed by atoms with Crippen molar-refractivity contribution in [2.75, 3.05) is 24.7 Å². The Kier molecular flexibility index (Phi) is 6.44. The van der Waals surface area contributed by atoms with Crippen LogP contribution in [0.2, 0.25) is 0 Å². The Morgan fingerprint density at radius 3 is 2.55 bits per heavy atom. The van der Waals surface area contributed by atoms with Gasteiger partial charge < -0.3 is 14.8 Å². The van der Waals surface area contributed by atoms with Gasteiger partial charge in [-0.05, 0) is 42.8 Å². The van der Waals surface area contributed by atoms with Gasteiger partial charge in [0.05, 0.1) is 19.4 Å². The molecule has 0 radical (unpaired) electrons. The number of nitrogens with zero attached hydrogens (tertiary/aromatic N) is 1. The van der Waals surface area contributed by atoms with E-state index in [2.05, 4.69) is 10.3 Å². The molecule has 0 saturated carbocycles. The number of rotatable bonds is 7. The number of methoxy groups -OCH3 is 1. The highest BCUT2D eigenvalue weighted by Gasteiger charge is 2.28. The van der Waals surface area contributed by atoms with E-state index in [1.807, 2.05) is 0 Å². The summed E-state index contributed by atoms with van der Waals surface area (Å²) in [4.78, 5) is 16.8. The molecule has 1 heterocycles. The van der Waals surface area contributed by atoms with Crippen LogP contribution in [0.4, 0.5) is 14.5 Å². The van der Waals surface area contributed by atoms with Gasteiger partial charge in [0.1, 0.15) is 18.0 Å². The largest absolute Gasteiger partial charge is 0.497 e. The molecular formula is C20H21F2N3O5S. The highest BCUT2D eigenvalue weighted by atomic mass is 32.2. The summed E-state index contributed by atoms with van der Waals surface area (Å²) in [5.41, 5.74) is 0.000575. The third kappa shape index (κ3) is 5.48. The summed E-state index contributed by atoms with van der Waals surface area (Å²) in [7, 11) is -2.32. The van der Waals surface area contributed by atoms with E-state index >= 15 is 0 Å². The lowest BCUT2D eigenvalue weighted by Gasteiger charge is -2.17. The van der Waals surface area contributed by atoms with E-state index < -0.39 is 45.3 Å². The van der Waals surface area contributed by atoms with Crippen molar-refractivity contribution < 1.29 is 31.5 Å². The van der Waals surface area contributed by atoms with Crippen molar-refractivity contribution in [3.8, 4) is 5.75 Å². The number of carbonyl (C=O) groups is 1. The highest BCUT2D eigenvalue weighted by Crippen LogP contribution is 2.25. The second kappa shape index (κ2) is 8.88. The van der Waals surface area contributed by atoms with Crippen LogP contribution in [0, 0.1) is 11.6 Å². The fourth-order valence-corrected chi connectivity index (χ4v) is 3.51. The number of nitrogens with one attached hydrogen (secondary N) is 2. The smallest absolute Gasteiger partial charge is 0.248 e. The fraction of sp³-hybridized carbons (Fsp3) is 0.300. The summed E-state index contributed by atoms with van der Waals surface area (Å²) >= 11 is 0. The maximum atomic E-state index is 14.2. The molecule has 2 N–H and O–H groups in total. The molecule has 3 rings (SSSR count). The van der Waals surface area contributed by atoms with Crippen LogP contribution >= 0.6 is 0 Å². The Labute approximate surface area is 178 Å². The van der Waals surface area contributed by atoms with Gasteiger partial charge >= 0.3 is 0 Å². The van der Waals surface area contributed by atoms with E-state index in [1.165, 1.54) is 14.0 Å². The number of carbonyl (C=O) groups excluding carboxylic acids is 1. The minimum Gasteiger partial charge on any atom is -0.497 e. The molecule has 0 saturated heterocycles. The predicted molar refractivity (Wildman–Crippen MR) is 111 cm³/mol. The van der Waals surface area contributed by atoms with Crippen LogP contribution in [-0.2, 0) is 19.6 Å². The van der Waals surface area contributed by atoms with Gasteiger partial charge in [0.2, 0.25) is 21.8 Å². The maximum Gasteiger partial charge on any atom is 0.248 e. The minimum absolute atomic E-state index is 0.0189. The van der Waals surface area contributed by atoms with E-state index in [4.69, 9.17) is 9.47 Å². The first-order valence-corrected chi connectivity index (χ1v) is 11.1. The number of benzene rings is 2. The number of hydrogen-bond donors (Lipinski definition) is 2. The summed E-state index contributed by atoms with van der Waals surface area (Å²) in [5, 5.41) is 2.63. The maximum absolute atomic E-state index is 14.2. The molecule has 1 aliphatic heterocycles. The Morgan fingerprint density at radius 1 is 1.26 bits per heavy atom. The number of ether oxygens (including phenoxy) is 2. The summed E-state index contributed by atoms with van der Waals surface area (Å²) in [6, 6.07) is 7.33. The molecule has 0 aromatic heterocycles. The Balaban J connectivity index is 1.71. The normalized spacial score (nSPS) is 16.8. The molecule has 2 aromatic rings. The average Bonchev–Trinajstić information content (AvgIpc) is 3.20. The van der Waals surface area contributed by atoms with E-state index in [0.29, 0.717) is 17.2 Å². The number of anilines is 1. The zero-order valence-electron chi connectivity index (χ0n) is 17.0. The standard InChI is InChI=1S/C20H21F2N3O5S/c1-11(13-8-15(21)18(16(22)9-13)25-31(3,27)28)23-19(26)17-10-30-20(24-17)12-5-4-6-14(7-12)29-2/h4-9,11,17,25H,10H2,1-3H3,(H,23,26)/t11-,17?/m1/s1. The molecule has 0 fully saturated rings. The molecule has 1 unspecified atom stereocenters. The van der Waals surface area contributed by atoms with Gasteiger partial charge in [0.15, 0.2) is 17.7 Å². The lowest BCUT2D eigenvalue weighted by atomic mass is 10.1. The molecule has 2 aromatic carbocycles. The molecular weight excluding hydrogens is 432 g/mol. The Morgan fingerprint density at radius 2 is 1.94 bits per heavy atom. The number of halogens is 2. The number of aliphatic imine (C=N–C) groups is 1. The van der Waals surface area contributed by atoms with Crippen LogP contribution < -0.4 is 14.8 Å². The first-order chi connectivity index (χ1) is 14.6. The van der Waals surface area contributed by atoms with E-state index in [1.54, 1.807) is 29.0 Å². The van der Waals surface area contributed by atoms with Crippen molar-refractivity contribution in [3.63, 3.8) is 0 Å². The van der Waals surface area contributed by atoms with Crippen LogP contribution in [0.3, 0.4) is 0 Å². The highest BCUT2D eigenvalue weighted by molar-refractivity contribution is 7.92. The van der Waals surface area contributed by atoms with E-state index in [9.17, 15) is 22.0 Å². The average molecular weight is 453 g/mol. The molecule has 0 bridgehead atoms. The monoisotopic (exact) mass is 453 g/mol. The SMILES string of the molecule is COc1cccc(C2=NC(C(=O)N[C@H](C)c3cc(F)c(NS(C)(=O)=O)c(F)c3)CO2)c1. The van der Waals surface area contributed by atoms with Gasteiger partial charge in [-0.15, -0.1) is 0 Å². The molecule has 31 heavy (non-hydrogen) atoms. The Bertz CT molecular complexity index is 1110. The van der Waals surface area contributed by atoms with Gasteiger partial charge in [0.25, 0.3) is 0 Å². The summed E-state index contributed by atoms with van der Waals surface area (Å²) in [6.07, 6.45) is 0.784. The van der Waals surface area contributed by atoms with Gasteiger partial charge in [-0.2, -0.15) is 0 Å². The van der Waals surface area contributed by atoms with E-state index in [-0.39, 0.29) is 12.2 Å². The van der Waals surface area contributed by atoms with Crippen molar-refractivity contribution in [2.24, 2.45) is 4.99 Å². The van der Waals surface area contributed by atoms with Crippen molar-refractivity contribution >= 4 is 27.5 Å². The lowest BCUT2D eigenvalue weighted by molar-refractivity contribution is -0.123. The molecule has 1 amide bonds. The summed E-state index contributed by atoms with van der Waals surface area (Å²) in [5.74, 6) is -1.76. The molecule has 0 aliphatic carbocycles. The van der Waals surface area contributed by atoms with Gasteiger partial charge in [-0.3, -0.25) is 9.52 Å². The molecule has 0 spiro atoms. The minimum atomic E-state index is -3.85. The second-order valence-corrected chi connectivity index (χ2v) is 8.71. The van der Waals surface area contributed by atoms with Gasteiger partial charge in [0, 0.05) is 5.56 Å². The van der Waals surface area contributed by atoms with Crippen molar-refractivity contribution in [1.82, 2.24) is 5.32 Å². The number of sulfonamides is 1. The zero-order chi connectivity index (χ0) is 22.8. The number of amides is 1. The van der Waals surface area contributed by atoms with Crippen molar-refractivity contribution in [3.05, 3.63) is 59.2 Å². The van der Waals surface area contributed by atoms with Crippen molar-refractivity contribution in [1.29, 1.82) is 0 Å². The van der Waals surface area contributed by atoms with Crippen LogP contribution in [0.15, 0.2) is 41.4 Å². The Hall–Kier alpha value is -3.21. The second-order valence-electron chi connectivity index (χ2n) is 6.96. The first kappa shape index (κ1) is 22.5. The summed E-state index contributed by atoms with van der Waals surface area (Å²) in [6.45, 7) is 1.56. The van der Waals surface area contributed by atoms with Crippen LogP contribution in [0.25, 0.3) is 0 Å². The van der Waals surface area contributed by atoms with E-state index in [0.717, 1.165) is 18.4 Å². The van der Waals surface area contributed by atoms with Crippen LogP contribution in [-0.4, -0.2) is 46.2 Å². The van der Waals surface area contributed by atoms with Gasteiger partial charge in [-0.1, -0.05) is 6.07 Å². The zero-order valence-corrected chi connectivity index (χ0v) is 17.8. The molecule has 11 heteroatoms. The molecule has 166 valence electrons. The van der Waals surface area contributed by atoms with Crippen LogP contribution in [0.1, 0.15) is 24.1 Å². The third-order valence-corrected chi connectivity index (χ3v) is 5.06. The van der Waals surface area contributed by atoms with Gasteiger partial charge in [-0.25, -0.2) is 22.2 Å². The predicted octanol–water partition coefficient (Wildman–Crippen LogP) is 2.37. The molecule has 8 nitrogen and oxygen atoms in total. The lowest BCUT2D eigenvalue weighted by Crippen LogP contribution is -2.36. The fourth-order valence-electron chi connectivity index (χ4n) is 2.94. The first-order valence-electron chi connectivity index (χ1n) is 9.19. The summed E-state index contributed by atoms with van der Waals surface area (Å²) < 4.78 is 63.4. The molecule has 1 aliphatic rings. The third-order valence-electron chi connectivity index (χ3n) is 4.48. The topological polar surface area (TPSA) is 106 Å². The van der Waals surface area contributed by atoms with Crippen LogP contribution in [0.5, 0.6) is 5.75 Å². The number of hydrogen-bond acceptors (Lipinski definition) is 6. The molecule has 2 atom stereocenters. The quantitative estimate of drug-likeness (QED) is 0.670. The van der Waals surface area contributed by atoms with Crippen molar-refractivity contribution in [2.45, 2.75) is 19.0 Å².